The molecule has 750 valence electrons. The average Bonchev–Trinajstić information content (AvgIpc) is 0.885. The lowest BCUT2D eigenvalue weighted by Gasteiger charge is -2.29. The highest BCUT2D eigenvalue weighted by Gasteiger charge is 2.34. The summed E-state index contributed by atoms with van der Waals surface area (Å²) >= 11 is 0. The van der Waals surface area contributed by atoms with Crippen molar-refractivity contribution in [2.24, 2.45) is 0 Å². The van der Waals surface area contributed by atoms with Crippen molar-refractivity contribution in [3.63, 3.8) is 0 Å². The molecule has 4 unspecified atom stereocenters. The third kappa shape index (κ3) is 34.2. The van der Waals surface area contributed by atoms with Crippen LogP contribution in [0.15, 0.2) is 72.8 Å². The van der Waals surface area contributed by atoms with Crippen molar-refractivity contribution in [1.82, 2.24) is 0 Å². The normalized spacial score (nSPS) is 18.3. The molecule has 0 saturated carbocycles. The predicted octanol–water partition coefficient (Wildman–Crippen LogP) is 27.7. The smallest absolute Gasteiger partial charge is 0.305 e. The van der Waals surface area contributed by atoms with Crippen molar-refractivity contribution < 1.29 is 76.0 Å². The van der Waals surface area contributed by atoms with Crippen LogP contribution >= 0.6 is 86.4 Å². The third-order valence-electron chi connectivity index (χ3n) is 26.2. The van der Waals surface area contributed by atoms with E-state index in [9.17, 15) is 19.2 Å². The molecule has 0 amide bonds. The second-order valence-corrected chi connectivity index (χ2v) is 54.9. The zero-order valence-corrected chi connectivity index (χ0v) is 91.7. The van der Waals surface area contributed by atoms with Gasteiger partial charge in [0.05, 0.1) is 26.4 Å². The van der Waals surface area contributed by atoms with E-state index in [4.69, 9.17) is 56.8 Å². The molecule has 12 rings (SSSR count). The fourth-order valence-electron chi connectivity index (χ4n) is 18.1. The zero-order valence-electron chi connectivity index (χ0n) is 85.1. The molecule has 6 aromatic carbocycles. The fourth-order valence-corrected chi connectivity index (χ4v) is 30.2. The van der Waals surface area contributed by atoms with Gasteiger partial charge in [-0.25, -0.2) is 0 Å². The Hall–Kier alpha value is -5.28. The van der Waals surface area contributed by atoms with Gasteiger partial charge >= 0.3 is 23.9 Å². The van der Waals surface area contributed by atoms with Crippen LogP contribution in [0.25, 0.3) is 0 Å². The molecule has 4 saturated heterocycles. The van der Waals surface area contributed by atoms with Crippen LogP contribution in [0.4, 0.5) is 0 Å². The molecule has 6 aliphatic heterocycles. The molecule has 6 aromatic rings. The van der Waals surface area contributed by atoms with Gasteiger partial charge < -0.3 is 56.8 Å². The first-order valence-corrected chi connectivity index (χ1v) is 60.0. The Labute approximate surface area is 847 Å². The van der Waals surface area contributed by atoms with Crippen LogP contribution in [0, 0.1) is 0 Å². The van der Waals surface area contributed by atoms with E-state index in [0.717, 1.165) is 177 Å². The number of carbonyl (C=O) groups is 4. The molecule has 16 nitrogen and oxygen atoms in total. The van der Waals surface area contributed by atoms with Gasteiger partial charge in [0.1, 0.15) is 101 Å². The minimum absolute atomic E-state index is 0.0431. The molecule has 6 aliphatic rings. The third-order valence-corrected chi connectivity index (χ3v) is 38.2. The highest BCUT2D eigenvalue weighted by atomic mass is 33.1. The number of fused-ring (bicyclic) bond motifs is 17. The van der Waals surface area contributed by atoms with E-state index in [2.05, 4.69) is 197 Å². The van der Waals surface area contributed by atoms with E-state index in [1.165, 1.54) is 48.7 Å². The molecule has 0 aliphatic carbocycles. The Bertz CT molecular complexity index is 4310. The number of benzene rings is 6. The Morgan fingerprint density at radius 3 is 0.647 bits per heavy atom. The first kappa shape index (κ1) is 110. The number of rotatable bonds is 36. The fraction of sp³-hybridized carbons (Fsp3) is 0.643. The molecule has 10 bridgehead atoms. The van der Waals surface area contributed by atoms with Gasteiger partial charge in [0.15, 0.2) is 0 Å². The highest BCUT2D eigenvalue weighted by molar-refractivity contribution is 8.78. The summed E-state index contributed by atoms with van der Waals surface area (Å²) in [4.78, 5) is 55.6. The van der Waals surface area contributed by atoms with Crippen molar-refractivity contribution in [3.8, 4) is 34.5 Å². The summed E-state index contributed by atoms with van der Waals surface area (Å²) in [5, 5.41) is 2.52. The quantitative estimate of drug-likeness (QED) is 0.0119. The molecular weight excluding hydrogens is 1860 g/mol. The summed E-state index contributed by atoms with van der Waals surface area (Å²) in [6, 6.07) is 27.9. The highest BCUT2D eigenvalue weighted by Crippen LogP contribution is 2.50. The largest absolute Gasteiger partial charge is 0.491 e. The molecule has 0 N–H and O–H groups in total. The summed E-state index contributed by atoms with van der Waals surface area (Å²) < 4.78 is 82.6. The van der Waals surface area contributed by atoms with Crippen molar-refractivity contribution in [1.29, 1.82) is 0 Å². The molecule has 4 fully saturated rings. The predicted molar refractivity (Wildman–Crippen MR) is 574 cm³/mol. The second-order valence-electron chi connectivity index (χ2n) is 43.8. The Balaban J connectivity index is 1.09. The van der Waals surface area contributed by atoms with Gasteiger partial charge in [-0.1, -0.05) is 309 Å². The zero-order chi connectivity index (χ0) is 97.2. The Morgan fingerprint density at radius 2 is 0.456 bits per heavy atom. The number of carbonyl (C=O) groups excluding carboxylic acids is 4. The number of ether oxygens (including phenoxy) is 12. The van der Waals surface area contributed by atoms with Gasteiger partial charge in [-0.2, -0.15) is 0 Å². The maximum atomic E-state index is 13.9. The average molecular weight is 2020 g/mol. The molecule has 4 atom stereocenters. The Morgan fingerprint density at radius 1 is 0.265 bits per heavy atom. The van der Waals surface area contributed by atoms with Crippen LogP contribution in [-0.4, -0.2) is 160 Å². The van der Waals surface area contributed by atoms with Gasteiger partial charge in [-0.05, 0) is 210 Å². The molecule has 0 aromatic heterocycles. The number of hydrogen-bond donors (Lipinski definition) is 0. The SMILES string of the molecule is CC(C)(C)c1cc2c3c(c1)Cc1cc(C(C)(C)C)cc(c1OCCOC(=O)CCCCC1CCSS1)Cc1cc(C(C)(C)C)cc(c1OCCOC(=O)CCCCC1CCSS1)Cc1cc(C(C)(C)C)cc(c1OCCOCCOCCO3)Cc1cc(C(C)(C)C)cc(c1OCCOC(=O)CCCCC1CCSS1)Cc1cc(C(C)(C)C)cc(c1OCCOC(=O)CCCCC1CCSS1)C2. The van der Waals surface area contributed by atoms with E-state index in [0.29, 0.717) is 133 Å². The standard InChI is InChI=1S/C112H158O16S8/c1-107(2,3)87-63-75-57-79-67-89(109(7,8)9)71-83(103(79)125-49-45-119-97(113)31-23-19-27-93-35-53-129-133-93)61-85-73-91(111(13,14)15)69-81(105(85)127-51-47-121-99(115)33-25-21-29-95-37-55-131-135-95)59-77-65-88(108(4,5)6)66-78-60-82-70-92(112(16,17)18)74-86(106(82)128-52-48-122-100(116)34-26-22-30-96-38-56-132-136-96)62-84-72-90(110(10,11)12)68-80(104(84)126-50-46-120-98(114)32-24-20-28-94-36-54-130-134-94)58-76(64-87)101(75)123-43-41-117-39-40-118-42-44-124-102(77)78/h63-74,93-96H,19-62H2,1-18H3. The van der Waals surface area contributed by atoms with Gasteiger partial charge in [-0.15, -0.1) is 0 Å². The summed E-state index contributed by atoms with van der Waals surface area (Å²) in [6.07, 6.45) is 19.6. The van der Waals surface area contributed by atoms with E-state index < -0.39 is 10.8 Å². The molecule has 136 heavy (non-hydrogen) atoms. The first-order chi connectivity index (χ1) is 64.9. The van der Waals surface area contributed by atoms with Crippen molar-refractivity contribution in [3.05, 3.63) is 173 Å². The van der Waals surface area contributed by atoms with E-state index in [-0.39, 0.29) is 125 Å². The maximum Gasteiger partial charge on any atom is 0.305 e. The summed E-state index contributed by atoms with van der Waals surface area (Å²) in [5.74, 6) is 7.89. The molecular formula is C112H158O16S8. The second kappa shape index (κ2) is 52.3. The first-order valence-electron chi connectivity index (χ1n) is 50.5. The van der Waals surface area contributed by atoms with Crippen molar-refractivity contribution >= 4 is 110 Å². The number of unbranched alkanes of at least 4 members (excludes halogenated alkanes) is 4. The van der Waals surface area contributed by atoms with Crippen LogP contribution in [-0.2, 0) is 119 Å². The van der Waals surface area contributed by atoms with Gasteiger partial charge in [-0.3, -0.25) is 19.2 Å². The summed E-state index contributed by atoms with van der Waals surface area (Å²) in [5.41, 5.74) is 15.4. The topological polar surface area (TPSA) is 179 Å². The van der Waals surface area contributed by atoms with Gasteiger partial charge in [0, 0.05) is 108 Å². The maximum absolute atomic E-state index is 13.9. The summed E-state index contributed by atoms with van der Waals surface area (Å²) in [7, 11) is 15.7. The van der Waals surface area contributed by atoms with Crippen LogP contribution in [0.3, 0.4) is 0 Å². The summed E-state index contributed by atoms with van der Waals surface area (Å²) in [6.45, 7) is 42.9. The lowest BCUT2D eigenvalue weighted by atomic mass is 9.79. The van der Waals surface area contributed by atoms with Crippen LogP contribution in [0.1, 0.15) is 353 Å². The van der Waals surface area contributed by atoms with E-state index >= 15 is 0 Å². The lowest BCUT2D eigenvalue weighted by molar-refractivity contribution is -0.145. The van der Waals surface area contributed by atoms with E-state index in [1.54, 1.807) is 0 Å². The number of esters is 4. The van der Waals surface area contributed by atoms with Crippen molar-refractivity contribution in [2.75, 3.05) is 116 Å². The minimum atomic E-state index is -0.391. The lowest BCUT2D eigenvalue weighted by Crippen LogP contribution is -2.19. The van der Waals surface area contributed by atoms with Gasteiger partial charge in [0.25, 0.3) is 0 Å². The van der Waals surface area contributed by atoms with E-state index in [1.807, 2.05) is 86.4 Å². The molecule has 6 heterocycles. The Kier molecular flexibility index (Phi) is 42.1. The van der Waals surface area contributed by atoms with Crippen molar-refractivity contribution in [2.45, 2.75) is 345 Å². The minimum Gasteiger partial charge on any atom is -0.491 e. The molecule has 24 heteroatoms. The monoisotopic (exact) mass is 2010 g/mol. The van der Waals surface area contributed by atoms with Crippen LogP contribution < -0.4 is 28.4 Å². The molecule has 0 spiro atoms. The van der Waals surface area contributed by atoms with Gasteiger partial charge in [0.2, 0.25) is 0 Å². The molecule has 0 radical (unpaired) electrons. The number of hydrogen-bond acceptors (Lipinski definition) is 24. The van der Waals surface area contributed by atoms with Crippen LogP contribution in [0.2, 0.25) is 0 Å². The van der Waals surface area contributed by atoms with Crippen LogP contribution in [0.5, 0.6) is 34.5 Å².